The molecule has 1 aliphatic carbocycles. The van der Waals surface area contributed by atoms with E-state index in [2.05, 4.69) is 0 Å². The van der Waals surface area contributed by atoms with E-state index in [1.165, 1.54) is 19.3 Å². The lowest BCUT2D eigenvalue weighted by atomic mass is 9.87. The lowest BCUT2D eigenvalue weighted by Gasteiger charge is -2.24. The quantitative estimate of drug-likeness (QED) is 0.704. The van der Waals surface area contributed by atoms with Crippen LogP contribution in [0.1, 0.15) is 25.7 Å². The van der Waals surface area contributed by atoms with E-state index < -0.39 is 16.8 Å². The molecule has 3 nitrogen and oxygen atoms in total. The average molecular weight is 190 g/mol. The van der Waals surface area contributed by atoms with Crippen LogP contribution in [0.25, 0.3) is 0 Å². The molecule has 0 heterocycles. The molecule has 1 unspecified atom stereocenters. The van der Waals surface area contributed by atoms with Crippen molar-refractivity contribution in [3.05, 3.63) is 0 Å². The molecule has 70 valence electrons. The molecule has 0 saturated heterocycles. The van der Waals surface area contributed by atoms with Gasteiger partial charge >= 0.3 is 5.97 Å². The lowest BCUT2D eigenvalue weighted by molar-refractivity contribution is -0.136. The van der Waals surface area contributed by atoms with Gasteiger partial charge in [-0.15, -0.1) is 0 Å². The minimum Gasteiger partial charge on any atom is -0.481 e. The highest BCUT2D eigenvalue weighted by Crippen LogP contribution is 2.26. The molecule has 4 heteroatoms. The van der Waals surface area contributed by atoms with Crippen LogP contribution in [-0.2, 0) is 15.6 Å². The maximum Gasteiger partial charge on any atom is 0.304 e. The molecule has 0 aromatic heterocycles. The first-order chi connectivity index (χ1) is 5.68. The van der Waals surface area contributed by atoms with Gasteiger partial charge in [-0.2, -0.15) is 0 Å². The highest BCUT2D eigenvalue weighted by molar-refractivity contribution is 7.85. The Morgan fingerprint density at radius 2 is 2.17 bits per heavy atom. The van der Waals surface area contributed by atoms with Gasteiger partial charge in [-0.25, -0.2) is 0 Å². The molecule has 0 amide bonds. The zero-order valence-corrected chi connectivity index (χ0v) is 7.81. The summed E-state index contributed by atoms with van der Waals surface area (Å²) in [6.07, 6.45) is 3.65. The summed E-state index contributed by atoms with van der Waals surface area (Å²) in [6, 6.07) is 0. The first-order valence-electron chi connectivity index (χ1n) is 4.25. The summed E-state index contributed by atoms with van der Waals surface area (Å²) < 4.78 is 11.2. The van der Waals surface area contributed by atoms with Crippen molar-refractivity contribution in [1.29, 1.82) is 0 Å². The van der Waals surface area contributed by atoms with E-state index in [-0.39, 0.29) is 6.42 Å². The number of carboxylic acids is 1. The normalized spacial score (nSPS) is 20.0. The molecule has 0 bridgehead atoms. The lowest BCUT2D eigenvalue weighted by Crippen LogP contribution is -2.20. The molecule has 0 aliphatic heterocycles. The largest absolute Gasteiger partial charge is 0.481 e. The molecule has 0 radical (unpaired) electrons. The second kappa shape index (κ2) is 4.60. The highest BCUT2D eigenvalue weighted by Gasteiger charge is 2.19. The standard InChI is InChI=1S/C8H14O3S/c9-8(10)4-5-12(11)6-7-2-1-3-7/h7H,1-6H2,(H,9,10). The average Bonchev–Trinajstić information content (AvgIpc) is 1.93. The SMILES string of the molecule is O=C(O)CCS(=O)CC1CCC1. The van der Waals surface area contributed by atoms with Crippen LogP contribution in [-0.4, -0.2) is 26.8 Å². The van der Waals surface area contributed by atoms with Gasteiger partial charge in [-0.3, -0.25) is 9.00 Å². The van der Waals surface area contributed by atoms with Gasteiger partial charge in [0.15, 0.2) is 0 Å². The van der Waals surface area contributed by atoms with E-state index in [0.717, 1.165) is 0 Å². The van der Waals surface area contributed by atoms with Crippen LogP contribution in [0, 0.1) is 5.92 Å². The predicted molar refractivity (Wildman–Crippen MR) is 47.5 cm³/mol. The summed E-state index contributed by atoms with van der Waals surface area (Å²) in [5.41, 5.74) is 0. The second-order valence-electron chi connectivity index (χ2n) is 3.25. The third-order valence-corrected chi connectivity index (χ3v) is 3.69. The molecule has 12 heavy (non-hydrogen) atoms. The molecule has 1 rings (SSSR count). The zero-order chi connectivity index (χ0) is 8.97. The van der Waals surface area contributed by atoms with Crippen LogP contribution in [0.15, 0.2) is 0 Å². The van der Waals surface area contributed by atoms with Crippen molar-refractivity contribution in [2.75, 3.05) is 11.5 Å². The molecule has 0 aromatic rings. The van der Waals surface area contributed by atoms with Gasteiger partial charge in [0.05, 0.1) is 6.42 Å². The fourth-order valence-corrected chi connectivity index (χ4v) is 2.63. The minimum atomic E-state index is -0.900. The third kappa shape index (κ3) is 3.34. The Kier molecular flexibility index (Phi) is 3.72. The van der Waals surface area contributed by atoms with Crippen LogP contribution in [0.2, 0.25) is 0 Å². The number of hydrogen-bond donors (Lipinski definition) is 1. The summed E-state index contributed by atoms with van der Waals surface area (Å²) in [7, 11) is -0.900. The molecular formula is C8H14O3S. The van der Waals surface area contributed by atoms with Gasteiger partial charge in [0.25, 0.3) is 0 Å². The van der Waals surface area contributed by atoms with Crippen molar-refractivity contribution in [3.63, 3.8) is 0 Å². The summed E-state index contributed by atoms with van der Waals surface area (Å²) in [5, 5.41) is 8.33. The van der Waals surface area contributed by atoms with Gasteiger partial charge in [0, 0.05) is 22.3 Å². The monoisotopic (exact) mass is 190 g/mol. The molecule has 1 N–H and O–H groups in total. The smallest absolute Gasteiger partial charge is 0.304 e. The minimum absolute atomic E-state index is 0.0410. The Bertz CT molecular complexity index is 187. The van der Waals surface area contributed by atoms with E-state index in [4.69, 9.17) is 5.11 Å². The van der Waals surface area contributed by atoms with Gasteiger partial charge in [-0.1, -0.05) is 6.42 Å². The van der Waals surface area contributed by atoms with Crippen molar-refractivity contribution in [3.8, 4) is 0 Å². The van der Waals surface area contributed by atoms with E-state index in [1.807, 2.05) is 0 Å². The van der Waals surface area contributed by atoms with Gasteiger partial charge in [-0.05, 0) is 18.8 Å². The maximum absolute atomic E-state index is 11.2. The molecular weight excluding hydrogens is 176 g/mol. The number of carboxylic acid groups (broad SMARTS) is 1. The van der Waals surface area contributed by atoms with Gasteiger partial charge < -0.3 is 5.11 Å². The Balaban J connectivity index is 2.06. The van der Waals surface area contributed by atoms with Crippen molar-refractivity contribution in [2.24, 2.45) is 5.92 Å². The van der Waals surface area contributed by atoms with E-state index in [9.17, 15) is 9.00 Å². The topological polar surface area (TPSA) is 54.4 Å². The first-order valence-corrected chi connectivity index (χ1v) is 5.74. The van der Waals surface area contributed by atoms with Crippen molar-refractivity contribution < 1.29 is 14.1 Å². The Morgan fingerprint density at radius 3 is 2.58 bits per heavy atom. The summed E-state index contributed by atoms with van der Waals surface area (Å²) in [4.78, 5) is 10.1. The van der Waals surface area contributed by atoms with E-state index in [0.29, 0.717) is 17.4 Å². The van der Waals surface area contributed by atoms with Crippen LogP contribution < -0.4 is 0 Å². The molecule has 1 atom stereocenters. The number of hydrogen-bond acceptors (Lipinski definition) is 2. The molecule has 0 spiro atoms. The number of carbonyl (C=O) groups is 1. The van der Waals surface area contributed by atoms with Gasteiger partial charge in [0.2, 0.25) is 0 Å². The number of rotatable bonds is 5. The maximum atomic E-state index is 11.2. The van der Waals surface area contributed by atoms with Crippen molar-refractivity contribution >= 4 is 16.8 Å². The predicted octanol–water partition coefficient (Wildman–Crippen LogP) is 1.01. The van der Waals surface area contributed by atoms with Crippen molar-refractivity contribution in [1.82, 2.24) is 0 Å². The second-order valence-corrected chi connectivity index (χ2v) is 4.87. The molecule has 0 aromatic carbocycles. The molecule has 1 saturated carbocycles. The van der Waals surface area contributed by atoms with E-state index in [1.54, 1.807) is 0 Å². The Morgan fingerprint density at radius 1 is 1.50 bits per heavy atom. The Labute approximate surface area is 74.6 Å². The van der Waals surface area contributed by atoms with Crippen LogP contribution in [0.4, 0.5) is 0 Å². The highest BCUT2D eigenvalue weighted by atomic mass is 32.2. The Hall–Kier alpha value is -0.380. The number of aliphatic carboxylic acids is 1. The van der Waals surface area contributed by atoms with Crippen LogP contribution >= 0.6 is 0 Å². The van der Waals surface area contributed by atoms with Crippen LogP contribution in [0.5, 0.6) is 0 Å². The third-order valence-electron chi connectivity index (χ3n) is 2.19. The first kappa shape index (κ1) is 9.71. The van der Waals surface area contributed by atoms with Crippen LogP contribution in [0.3, 0.4) is 0 Å². The summed E-state index contributed by atoms with van der Waals surface area (Å²) >= 11 is 0. The molecule has 1 fully saturated rings. The zero-order valence-electron chi connectivity index (χ0n) is 6.99. The fraction of sp³-hybridized carbons (Fsp3) is 0.875. The fourth-order valence-electron chi connectivity index (χ4n) is 1.21. The molecule has 1 aliphatic rings. The van der Waals surface area contributed by atoms with E-state index >= 15 is 0 Å². The van der Waals surface area contributed by atoms with Gasteiger partial charge in [0.1, 0.15) is 0 Å². The van der Waals surface area contributed by atoms with Crippen molar-refractivity contribution in [2.45, 2.75) is 25.7 Å². The summed E-state index contributed by atoms with van der Waals surface area (Å²) in [6.45, 7) is 0. The summed E-state index contributed by atoms with van der Waals surface area (Å²) in [5.74, 6) is 0.802.